The fourth-order valence-corrected chi connectivity index (χ4v) is 2.57. The predicted octanol–water partition coefficient (Wildman–Crippen LogP) is 1.28. The van der Waals surface area contributed by atoms with Crippen LogP contribution in [-0.2, 0) is 9.59 Å². The van der Waals surface area contributed by atoms with Gasteiger partial charge in [-0.2, -0.15) is 0 Å². The van der Waals surface area contributed by atoms with E-state index in [0.29, 0.717) is 0 Å². The zero-order valence-electron chi connectivity index (χ0n) is 13.2. The quantitative estimate of drug-likeness (QED) is 0.852. The predicted molar refractivity (Wildman–Crippen MR) is 83.6 cm³/mol. The summed E-state index contributed by atoms with van der Waals surface area (Å²) in [5.74, 6) is -1.00. The Kier molecular flexibility index (Phi) is 5.78. The van der Waals surface area contributed by atoms with Crippen LogP contribution in [0.1, 0.15) is 38.6 Å². The number of aliphatic carboxylic acids is 1. The van der Waals surface area contributed by atoms with Gasteiger partial charge >= 0.3 is 5.97 Å². The number of hydrogen-bond donors (Lipinski definition) is 1. The average molecular weight is 322 g/mol. The third-order valence-corrected chi connectivity index (χ3v) is 4.00. The van der Waals surface area contributed by atoms with E-state index in [1.807, 2.05) is 4.90 Å². The molecule has 0 radical (unpaired) electrons. The van der Waals surface area contributed by atoms with Gasteiger partial charge in [0.2, 0.25) is 5.91 Å². The van der Waals surface area contributed by atoms with Crippen molar-refractivity contribution in [2.24, 2.45) is 0 Å². The summed E-state index contributed by atoms with van der Waals surface area (Å²) in [6, 6.07) is 2.07. The summed E-state index contributed by atoms with van der Waals surface area (Å²) in [4.78, 5) is 37.0. The van der Waals surface area contributed by atoms with Crippen LogP contribution in [-0.4, -0.2) is 46.1 Å². The number of carboxylic acid groups (broad SMARTS) is 1. The minimum absolute atomic E-state index is 0.0276. The topological polar surface area (TPSA) is 88.8 Å². The number of pyridine rings is 1. The number of amides is 1. The number of ether oxygens (including phenoxy) is 1. The summed E-state index contributed by atoms with van der Waals surface area (Å²) in [6.07, 6.45) is 4.84. The van der Waals surface area contributed by atoms with Crippen molar-refractivity contribution in [2.45, 2.75) is 38.6 Å². The molecular weight excluding hydrogens is 300 g/mol. The van der Waals surface area contributed by atoms with E-state index in [2.05, 4.69) is 0 Å². The highest BCUT2D eigenvalue weighted by atomic mass is 16.5. The van der Waals surface area contributed by atoms with Crippen molar-refractivity contribution in [2.75, 3.05) is 19.7 Å². The third-order valence-electron chi connectivity index (χ3n) is 4.00. The van der Waals surface area contributed by atoms with Gasteiger partial charge in [0.1, 0.15) is 6.04 Å². The van der Waals surface area contributed by atoms with Gasteiger partial charge in [0, 0.05) is 19.3 Å². The first-order chi connectivity index (χ1) is 11.0. The van der Waals surface area contributed by atoms with E-state index >= 15 is 0 Å². The molecule has 0 saturated carbocycles. The summed E-state index contributed by atoms with van der Waals surface area (Å²) >= 11 is 0. The Morgan fingerprint density at radius 3 is 2.65 bits per heavy atom. The van der Waals surface area contributed by atoms with Gasteiger partial charge < -0.3 is 14.7 Å². The van der Waals surface area contributed by atoms with Crippen molar-refractivity contribution >= 4 is 11.9 Å². The maximum atomic E-state index is 12.2. The van der Waals surface area contributed by atoms with Crippen LogP contribution >= 0.6 is 0 Å². The summed E-state index contributed by atoms with van der Waals surface area (Å²) in [6.45, 7) is 3.10. The van der Waals surface area contributed by atoms with Crippen LogP contribution in [0.2, 0.25) is 0 Å². The molecule has 1 saturated heterocycles. The van der Waals surface area contributed by atoms with Crippen molar-refractivity contribution in [3.05, 3.63) is 28.7 Å². The maximum absolute atomic E-state index is 12.2. The first kappa shape index (κ1) is 17.1. The lowest BCUT2D eigenvalue weighted by atomic mass is 10.1. The molecule has 2 heterocycles. The van der Waals surface area contributed by atoms with Crippen molar-refractivity contribution in [3.63, 3.8) is 0 Å². The number of rotatable bonds is 6. The van der Waals surface area contributed by atoms with E-state index in [1.165, 1.54) is 19.2 Å². The van der Waals surface area contributed by atoms with Crippen LogP contribution < -0.4 is 10.3 Å². The van der Waals surface area contributed by atoms with Crippen LogP contribution in [0.3, 0.4) is 0 Å². The summed E-state index contributed by atoms with van der Waals surface area (Å²) in [7, 11) is 0. The fraction of sp³-hybridized carbons (Fsp3) is 0.562. The van der Waals surface area contributed by atoms with E-state index in [9.17, 15) is 14.4 Å². The van der Waals surface area contributed by atoms with Crippen LogP contribution in [0.25, 0.3) is 0 Å². The van der Waals surface area contributed by atoms with Gasteiger partial charge in [0.15, 0.2) is 5.75 Å². The number of carboxylic acids is 1. The molecule has 23 heavy (non-hydrogen) atoms. The fourth-order valence-electron chi connectivity index (χ4n) is 2.57. The Balaban J connectivity index is 1.93. The van der Waals surface area contributed by atoms with Crippen LogP contribution in [0.15, 0.2) is 23.1 Å². The second kappa shape index (κ2) is 7.80. The standard InChI is InChI=1S/C16H22N2O5/c1-12(16(21)22)18-10-5-6-13(15(18)20)23-11-7-14(19)17-8-3-2-4-9-17/h5-6,10,12H,2-4,7-9,11H2,1H3,(H,21,22). The molecule has 1 aromatic rings. The Morgan fingerprint density at radius 2 is 2.00 bits per heavy atom. The van der Waals surface area contributed by atoms with Crippen LogP contribution in [0, 0.1) is 0 Å². The van der Waals surface area contributed by atoms with Crippen LogP contribution in [0.5, 0.6) is 5.75 Å². The Morgan fingerprint density at radius 1 is 1.30 bits per heavy atom. The number of likely N-dealkylation sites (tertiary alicyclic amines) is 1. The van der Waals surface area contributed by atoms with Crippen molar-refractivity contribution < 1.29 is 19.4 Å². The molecule has 1 fully saturated rings. The lowest BCUT2D eigenvalue weighted by Gasteiger charge is -2.26. The van der Waals surface area contributed by atoms with Gasteiger partial charge in [0.25, 0.3) is 5.56 Å². The minimum atomic E-state index is -1.09. The first-order valence-electron chi connectivity index (χ1n) is 7.85. The maximum Gasteiger partial charge on any atom is 0.326 e. The number of carbonyl (C=O) groups excluding carboxylic acids is 1. The monoisotopic (exact) mass is 322 g/mol. The molecular formula is C16H22N2O5. The molecule has 1 amide bonds. The zero-order chi connectivity index (χ0) is 16.8. The number of carbonyl (C=O) groups is 2. The second-order valence-corrected chi connectivity index (χ2v) is 5.64. The highest BCUT2D eigenvalue weighted by Crippen LogP contribution is 2.11. The molecule has 1 aliphatic heterocycles. The normalized spacial score (nSPS) is 16.0. The van der Waals surface area contributed by atoms with Crippen LogP contribution in [0.4, 0.5) is 0 Å². The first-order valence-corrected chi connectivity index (χ1v) is 7.85. The Hall–Kier alpha value is -2.31. The number of nitrogens with zero attached hydrogens (tertiary/aromatic N) is 2. The molecule has 0 aromatic carbocycles. The molecule has 0 spiro atoms. The third kappa shape index (κ3) is 4.34. The number of hydrogen-bond acceptors (Lipinski definition) is 4. The Bertz CT molecular complexity index is 619. The SMILES string of the molecule is CC(C(=O)O)n1cccc(OCCC(=O)N2CCCCC2)c1=O. The summed E-state index contributed by atoms with van der Waals surface area (Å²) in [5, 5.41) is 8.99. The molecule has 7 nitrogen and oxygen atoms in total. The zero-order valence-corrected chi connectivity index (χ0v) is 13.2. The second-order valence-electron chi connectivity index (χ2n) is 5.64. The average Bonchev–Trinajstić information content (AvgIpc) is 2.56. The lowest BCUT2D eigenvalue weighted by molar-refractivity contribution is -0.140. The van der Waals surface area contributed by atoms with E-state index in [-0.39, 0.29) is 24.7 Å². The molecule has 1 atom stereocenters. The molecule has 7 heteroatoms. The molecule has 1 unspecified atom stereocenters. The number of piperidine rings is 1. The van der Waals surface area contributed by atoms with E-state index in [1.54, 1.807) is 6.07 Å². The molecule has 2 rings (SSSR count). The Labute approximate surface area is 134 Å². The van der Waals surface area contributed by atoms with E-state index in [4.69, 9.17) is 9.84 Å². The molecule has 126 valence electrons. The van der Waals surface area contributed by atoms with Gasteiger partial charge in [-0.05, 0) is 38.3 Å². The highest BCUT2D eigenvalue weighted by Gasteiger charge is 2.18. The van der Waals surface area contributed by atoms with E-state index < -0.39 is 17.6 Å². The summed E-state index contributed by atoms with van der Waals surface area (Å²) < 4.78 is 6.50. The van der Waals surface area contributed by atoms with Gasteiger partial charge in [-0.1, -0.05) is 0 Å². The molecule has 1 aromatic heterocycles. The minimum Gasteiger partial charge on any atom is -0.487 e. The highest BCUT2D eigenvalue weighted by molar-refractivity contribution is 5.76. The number of aromatic nitrogens is 1. The largest absolute Gasteiger partial charge is 0.487 e. The van der Waals surface area contributed by atoms with Gasteiger partial charge in [-0.15, -0.1) is 0 Å². The summed E-state index contributed by atoms with van der Waals surface area (Å²) in [5.41, 5.74) is -0.507. The van der Waals surface area contributed by atoms with E-state index in [0.717, 1.165) is 36.9 Å². The molecule has 1 aliphatic rings. The molecule has 0 bridgehead atoms. The van der Waals surface area contributed by atoms with Gasteiger partial charge in [-0.25, -0.2) is 4.79 Å². The lowest BCUT2D eigenvalue weighted by Crippen LogP contribution is -2.36. The van der Waals surface area contributed by atoms with Gasteiger partial charge in [-0.3, -0.25) is 14.2 Å². The van der Waals surface area contributed by atoms with Gasteiger partial charge in [0.05, 0.1) is 13.0 Å². The smallest absolute Gasteiger partial charge is 0.326 e. The molecule has 1 N–H and O–H groups in total. The van der Waals surface area contributed by atoms with Crippen molar-refractivity contribution in [1.82, 2.24) is 9.47 Å². The molecule has 0 aliphatic carbocycles. The van der Waals surface area contributed by atoms with Crippen molar-refractivity contribution in [3.8, 4) is 5.75 Å². The van der Waals surface area contributed by atoms with Crippen molar-refractivity contribution in [1.29, 1.82) is 0 Å².